The molecule has 0 saturated heterocycles. The van der Waals surface area contributed by atoms with Crippen LogP contribution in [0.4, 0.5) is 4.39 Å². The molecule has 8 heteroatoms. The van der Waals surface area contributed by atoms with E-state index >= 15 is 0 Å². The average molecular weight is 385 g/mol. The Morgan fingerprint density at radius 1 is 1.15 bits per heavy atom. The third kappa shape index (κ3) is 3.84. The van der Waals surface area contributed by atoms with Gasteiger partial charge in [0.25, 0.3) is 0 Å². The first-order valence-corrected chi connectivity index (χ1v) is 9.37. The van der Waals surface area contributed by atoms with Crippen molar-refractivity contribution in [1.29, 1.82) is 0 Å². The molecule has 0 aliphatic heterocycles. The number of nitrogens with zero attached hydrogens (tertiary/aromatic N) is 2. The van der Waals surface area contributed by atoms with Gasteiger partial charge in [0.05, 0.1) is 12.0 Å². The molecule has 0 fully saturated rings. The summed E-state index contributed by atoms with van der Waals surface area (Å²) in [4.78, 5) is -0.00363. The summed E-state index contributed by atoms with van der Waals surface area (Å²) >= 11 is 0. The van der Waals surface area contributed by atoms with E-state index in [1.807, 2.05) is 0 Å². The molecule has 0 unspecified atom stereocenters. The Morgan fingerprint density at radius 2 is 1.81 bits per heavy atom. The first kappa shape index (κ1) is 18.6. The maximum atomic E-state index is 14.1. The summed E-state index contributed by atoms with van der Waals surface area (Å²) in [7, 11) is -2.40. The van der Waals surface area contributed by atoms with Crippen LogP contribution < -0.4 is 9.88 Å². The Balaban J connectivity index is 2.15. The van der Waals surface area contributed by atoms with E-state index in [2.05, 4.69) is 17.1 Å². The van der Waals surface area contributed by atoms with Crippen molar-refractivity contribution in [2.45, 2.75) is 11.8 Å². The number of methoxy groups -OCH3 is 1. The molecular weight excluding hydrogens is 369 g/mol. The monoisotopic (exact) mass is 385 g/mol. The minimum atomic E-state index is -3.79. The van der Waals surface area contributed by atoms with Crippen LogP contribution in [0, 0.1) is 17.8 Å². The van der Waals surface area contributed by atoms with Gasteiger partial charge in [0.1, 0.15) is 5.69 Å². The number of rotatable bonds is 4. The van der Waals surface area contributed by atoms with E-state index in [4.69, 9.17) is 9.88 Å². The lowest BCUT2D eigenvalue weighted by atomic mass is 10.0. The molecule has 0 amide bonds. The Morgan fingerprint density at radius 3 is 2.37 bits per heavy atom. The highest BCUT2D eigenvalue weighted by Crippen LogP contribution is 2.33. The molecule has 0 atom stereocenters. The normalized spacial score (nSPS) is 11.0. The molecule has 0 spiro atoms. The number of hydrogen-bond donors (Lipinski definition) is 1. The predicted molar refractivity (Wildman–Crippen MR) is 99.8 cm³/mol. The molecular formula is C19H16FN3O3S. The van der Waals surface area contributed by atoms with Crippen LogP contribution >= 0.6 is 0 Å². The number of ether oxygens (including phenoxy) is 1. The Kier molecular flexibility index (Phi) is 4.99. The highest BCUT2D eigenvalue weighted by molar-refractivity contribution is 7.89. The summed E-state index contributed by atoms with van der Waals surface area (Å²) in [6, 6.07) is 13.4. The van der Waals surface area contributed by atoms with Crippen molar-refractivity contribution in [3.05, 3.63) is 54.5 Å². The summed E-state index contributed by atoms with van der Waals surface area (Å²) in [5, 5.41) is 9.55. The van der Waals surface area contributed by atoms with E-state index in [-0.39, 0.29) is 10.6 Å². The molecule has 0 radical (unpaired) electrons. The lowest BCUT2D eigenvalue weighted by Gasteiger charge is -2.06. The zero-order chi connectivity index (χ0) is 19.6. The highest BCUT2D eigenvalue weighted by Gasteiger charge is 2.16. The zero-order valence-electron chi connectivity index (χ0n) is 14.6. The summed E-state index contributed by atoms with van der Waals surface area (Å²) in [6.07, 6.45) is 1.68. The fourth-order valence-corrected chi connectivity index (χ4v) is 3.12. The predicted octanol–water partition coefficient (Wildman–Crippen LogP) is 2.84. The van der Waals surface area contributed by atoms with Gasteiger partial charge in [-0.15, -0.1) is 0 Å². The quantitative estimate of drug-likeness (QED) is 0.700. The van der Waals surface area contributed by atoms with Crippen molar-refractivity contribution in [2.75, 3.05) is 7.11 Å². The highest BCUT2D eigenvalue weighted by atomic mass is 32.2. The molecule has 2 aromatic carbocycles. The number of sulfonamides is 1. The smallest absolute Gasteiger partial charge is 0.238 e. The number of primary sulfonamides is 1. The lowest BCUT2D eigenvalue weighted by Crippen LogP contribution is -2.11. The van der Waals surface area contributed by atoms with Gasteiger partial charge < -0.3 is 4.74 Å². The Hall–Kier alpha value is -3.15. The zero-order valence-corrected chi connectivity index (χ0v) is 15.4. The van der Waals surface area contributed by atoms with Crippen molar-refractivity contribution in [2.24, 2.45) is 5.14 Å². The van der Waals surface area contributed by atoms with Gasteiger partial charge in [0.15, 0.2) is 11.6 Å². The summed E-state index contributed by atoms with van der Waals surface area (Å²) in [5.74, 6) is 2.38. The van der Waals surface area contributed by atoms with Crippen LogP contribution in [0.2, 0.25) is 0 Å². The lowest BCUT2D eigenvalue weighted by molar-refractivity contribution is 0.386. The maximum absolute atomic E-state index is 14.1. The van der Waals surface area contributed by atoms with Crippen molar-refractivity contribution in [1.82, 2.24) is 9.78 Å². The van der Waals surface area contributed by atoms with Gasteiger partial charge in [-0.1, -0.05) is 24.1 Å². The summed E-state index contributed by atoms with van der Waals surface area (Å²) in [6.45, 7) is 1.68. The second-order valence-corrected chi connectivity index (χ2v) is 7.18. The molecule has 6 nitrogen and oxygen atoms in total. The number of aromatic nitrogens is 2. The largest absolute Gasteiger partial charge is 0.494 e. The molecule has 0 aliphatic rings. The van der Waals surface area contributed by atoms with Crippen LogP contribution in [0.15, 0.2) is 53.6 Å². The summed E-state index contributed by atoms with van der Waals surface area (Å²) < 4.78 is 43.4. The summed E-state index contributed by atoms with van der Waals surface area (Å²) in [5.41, 5.74) is 2.40. The van der Waals surface area contributed by atoms with Gasteiger partial charge in [-0.3, -0.25) is 0 Å². The van der Waals surface area contributed by atoms with Gasteiger partial charge in [-0.25, -0.2) is 17.9 Å². The van der Waals surface area contributed by atoms with Gasteiger partial charge in [-0.05, 0) is 36.8 Å². The Labute approximate surface area is 156 Å². The fraction of sp³-hybridized carbons (Fsp3) is 0.105. The third-order valence-electron chi connectivity index (χ3n) is 3.86. The maximum Gasteiger partial charge on any atom is 0.238 e. The second-order valence-electron chi connectivity index (χ2n) is 5.62. The van der Waals surface area contributed by atoms with Crippen LogP contribution in [0.1, 0.15) is 6.92 Å². The standard InChI is InChI=1S/C19H16FN3O3S/c1-3-10-23-12-16(14-6-9-18(26-2)17(20)11-14)19(22-23)13-4-7-15(8-5-13)27(21,24)25/h4-9,11-12H,1-2H3,(H2,21,24,25). The first-order valence-electron chi connectivity index (χ1n) is 7.83. The molecule has 3 rings (SSSR count). The van der Waals surface area contributed by atoms with Crippen LogP contribution in [0.25, 0.3) is 22.4 Å². The SMILES string of the molecule is CC#Cn1cc(-c2ccc(OC)c(F)c2)c(-c2ccc(S(N)(=O)=O)cc2)n1. The van der Waals surface area contributed by atoms with Crippen LogP contribution in [-0.2, 0) is 10.0 Å². The van der Waals surface area contributed by atoms with E-state index in [1.165, 1.54) is 36.1 Å². The topological polar surface area (TPSA) is 87.2 Å². The molecule has 1 heterocycles. The van der Waals surface area contributed by atoms with E-state index < -0.39 is 15.8 Å². The average Bonchev–Trinajstić information content (AvgIpc) is 3.05. The Bertz CT molecular complexity index is 1160. The van der Waals surface area contributed by atoms with Crippen molar-refractivity contribution < 1.29 is 17.5 Å². The molecule has 0 aliphatic carbocycles. The second kappa shape index (κ2) is 7.23. The number of benzene rings is 2. The molecule has 138 valence electrons. The van der Waals surface area contributed by atoms with Gasteiger partial charge >= 0.3 is 0 Å². The van der Waals surface area contributed by atoms with Crippen LogP contribution in [-0.4, -0.2) is 25.3 Å². The third-order valence-corrected chi connectivity index (χ3v) is 4.79. The van der Waals surface area contributed by atoms with Crippen molar-refractivity contribution in [3.63, 3.8) is 0 Å². The fourth-order valence-electron chi connectivity index (χ4n) is 2.61. The van der Waals surface area contributed by atoms with Gasteiger partial charge in [0.2, 0.25) is 10.0 Å². The molecule has 3 aromatic rings. The van der Waals surface area contributed by atoms with Crippen molar-refractivity contribution >= 4 is 10.0 Å². The van der Waals surface area contributed by atoms with Gasteiger partial charge in [-0.2, -0.15) is 9.78 Å². The number of halogens is 1. The van der Waals surface area contributed by atoms with E-state index in [9.17, 15) is 12.8 Å². The number of hydrogen-bond acceptors (Lipinski definition) is 4. The number of nitrogens with two attached hydrogens (primary N) is 1. The van der Waals surface area contributed by atoms with E-state index in [1.54, 1.807) is 31.3 Å². The molecule has 0 saturated carbocycles. The van der Waals surface area contributed by atoms with Crippen molar-refractivity contribution in [3.8, 4) is 40.1 Å². The first-order chi connectivity index (χ1) is 12.8. The van der Waals surface area contributed by atoms with Crippen LogP contribution in [0.5, 0.6) is 5.75 Å². The van der Waals surface area contributed by atoms with E-state index in [0.29, 0.717) is 22.4 Å². The minimum Gasteiger partial charge on any atom is -0.494 e. The molecule has 27 heavy (non-hydrogen) atoms. The van der Waals surface area contributed by atoms with E-state index in [0.717, 1.165) is 0 Å². The van der Waals surface area contributed by atoms with Crippen LogP contribution in [0.3, 0.4) is 0 Å². The minimum absolute atomic E-state index is 0.00363. The molecule has 0 bridgehead atoms. The molecule has 1 aromatic heterocycles. The molecule has 2 N–H and O–H groups in total. The van der Waals surface area contributed by atoms with Gasteiger partial charge in [0, 0.05) is 23.4 Å².